The fourth-order valence-corrected chi connectivity index (χ4v) is 1.11. The average Bonchev–Trinajstić information content (AvgIpc) is 2.00. The van der Waals surface area contributed by atoms with Crippen LogP contribution in [0.2, 0.25) is 0 Å². The summed E-state index contributed by atoms with van der Waals surface area (Å²) in [7, 11) is -4.13. The van der Waals surface area contributed by atoms with Crippen LogP contribution in [-0.4, -0.2) is 31.3 Å². The fraction of sp³-hybridized carbons (Fsp3) is 0.625. The number of hydrogen-bond donors (Lipinski definition) is 0. The van der Waals surface area contributed by atoms with E-state index >= 15 is 0 Å². The molecule has 0 saturated carbocycles. The first kappa shape index (κ1) is 17.3. The first-order valence-electron chi connectivity index (χ1n) is 3.94. The van der Waals surface area contributed by atoms with Gasteiger partial charge in [-0.3, -0.25) is 4.79 Å². The van der Waals surface area contributed by atoms with Crippen molar-refractivity contribution < 1.29 is 52.1 Å². The van der Waals surface area contributed by atoms with Crippen LogP contribution in [-0.2, 0) is 19.6 Å². The van der Waals surface area contributed by atoms with Gasteiger partial charge in [0.1, 0.15) is 0 Å². The number of rotatable bonds is 4. The zero-order valence-corrected chi connectivity index (χ0v) is 11.6. The van der Waals surface area contributed by atoms with Crippen LogP contribution in [0.3, 0.4) is 0 Å². The van der Waals surface area contributed by atoms with E-state index in [2.05, 4.69) is 16.6 Å². The Hall–Kier alpha value is -0.0600. The molecule has 0 amide bonds. The minimum atomic E-state index is -4.13. The predicted molar refractivity (Wildman–Crippen MR) is 48.2 cm³/mol. The van der Waals surface area contributed by atoms with Gasteiger partial charge in [-0.2, -0.15) is 0 Å². The summed E-state index contributed by atoms with van der Waals surface area (Å²) >= 11 is 0. The van der Waals surface area contributed by atoms with Crippen molar-refractivity contribution in [2.45, 2.75) is 19.8 Å². The normalized spacial score (nSPS) is 9.47. The van der Waals surface area contributed by atoms with Gasteiger partial charge in [0.2, 0.25) is 0 Å². The smallest absolute Gasteiger partial charge is 0.748 e. The molecule has 0 aliphatic rings. The summed E-state index contributed by atoms with van der Waals surface area (Å²) < 4.78 is 34.9. The maximum atomic E-state index is 10.3. The number of unbranched alkanes of at least 4 members (excludes halogenated alkanes) is 1. The fourth-order valence-electron chi connectivity index (χ4n) is 0.614. The molecule has 7 heteroatoms. The first-order chi connectivity index (χ1) is 6.42. The van der Waals surface area contributed by atoms with Crippen molar-refractivity contribution in [3.63, 3.8) is 0 Å². The average molecular weight is 242 g/mol. The minimum absolute atomic E-state index is 0. The third-order valence-electron chi connectivity index (χ3n) is 1.17. The molecular weight excluding hydrogens is 231 g/mol. The van der Waals surface area contributed by atoms with Gasteiger partial charge in [0.15, 0.2) is 6.61 Å². The van der Waals surface area contributed by atoms with Crippen LogP contribution in [0.15, 0.2) is 0 Å². The largest absolute Gasteiger partial charge is 1.00 e. The Bertz CT molecular complexity index is 338. The molecule has 0 aliphatic heterocycles. The Kier molecular flexibility index (Phi) is 10.6. The number of ether oxygens (including phenoxy) is 1. The molecule has 0 radical (unpaired) electrons. The summed E-state index contributed by atoms with van der Waals surface area (Å²) in [6, 6.07) is 0. The monoisotopic (exact) mass is 242 g/mol. The van der Waals surface area contributed by atoms with E-state index in [0.717, 1.165) is 0 Å². The predicted octanol–water partition coefficient (Wildman–Crippen LogP) is -3.12. The molecule has 0 fully saturated rings. The Labute approximate surface area is 112 Å². The van der Waals surface area contributed by atoms with Crippen LogP contribution in [0.1, 0.15) is 19.8 Å². The van der Waals surface area contributed by atoms with Crippen molar-refractivity contribution in [2.24, 2.45) is 0 Å². The Morgan fingerprint density at radius 1 is 1.40 bits per heavy atom. The van der Waals surface area contributed by atoms with E-state index in [4.69, 9.17) is 0 Å². The molecule has 0 spiro atoms. The van der Waals surface area contributed by atoms with E-state index in [9.17, 15) is 17.8 Å². The number of carbonyl (C=O) groups is 1. The van der Waals surface area contributed by atoms with Crippen molar-refractivity contribution in [1.82, 2.24) is 0 Å². The molecule has 0 unspecified atom stereocenters. The van der Waals surface area contributed by atoms with Crippen LogP contribution in [0, 0.1) is 11.8 Å². The topological polar surface area (TPSA) is 83.5 Å². The van der Waals surface area contributed by atoms with Gasteiger partial charge >= 0.3 is 35.5 Å². The SMILES string of the molecule is CC(=O)OCC#CCCCS(=O)(=O)[O-].[Na+]. The van der Waals surface area contributed by atoms with Crippen molar-refractivity contribution in [1.29, 1.82) is 0 Å². The van der Waals surface area contributed by atoms with E-state index in [1.807, 2.05) is 0 Å². The summed E-state index contributed by atoms with van der Waals surface area (Å²) in [6.07, 6.45) is 0.516. The van der Waals surface area contributed by atoms with E-state index in [0.29, 0.717) is 6.42 Å². The molecule has 0 aromatic rings. The van der Waals surface area contributed by atoms with Gasteiger partial charge in [-0.25, -0.2) is 8.42 Å². The molecule has 0 rings (SSSR count). The molecule has 15 heavy (non-hydrogen) atoms. The number of esters is 1. The molecule has 0 aromatic heterocycles. The minimum Gasteiger partial charge on any atom is -0.748 e. The molecule has 0 aromatic carbocycles. The summed E-state index contributed by atoms with van der Waals surface area (Å²) in [6.45, 7) is 1.27. The van der Waals surface area contributed by atoms with Gasteiger partial charge in [-0.15, -0.1) is 0 Å². The third kappa shape index (κ3) is 16.6. The maximum absolute atomic E-state index is 10.3. The molecule has 80 valence electrons. The van der Waals surface area contributed by atoms with Gasteiger partial charge in [-0.1, -0.05) is 11.8 Å². The first-order valence-corrected chi connectivity index (χ1v) is 5.52. The summed E-state index contributed by atoms with van der Waals surface area (Å²) in [5.74, 6) is 4.27. The summed E-state index contributed by atoms with van der Waals surface area (Å²) in [5, 5.41) is 0. The van der Waals surface area contributed by atoms with Gasteiger partial charge in [0.05, 0.1) is 10.1 Å². The molecule has 0 N–H and O–H groups in total. The van der Waals surface area contributed by atoms with E-state index in [1.54, 1.807) is 0 Å². The second-order valence-corrected chi connectivity index (χ2v) is 4.02. The molecule has 0 bridgehead atoms. The van der Waals surface area contributed by atoms with E-state index in [-0.39, 0.29) is 42.6 Å². The molecule has 0 aliphatic carbocycles. The number of hydrogen-bond acceptors (Lipinski definition) is 5. The molecule has 5 nitrogen and oxygen atoms in total. The zero-order valence-electron chi connectivity index (χ0n) is 8.78. The Morgan fingerprint density at radius 2 is 2.00 bits per heavy atom. The Balaban J connectivity index is 0. The third-order valence-corrected chi connectivity index (χ3v) is 1.96. The van der Waals surface area contributed by atoms with E-state index < -0.39 is 21.8 Å². The molecule has 0 atom stereocenters. The van der Waals surface area contributed by atoms with Gasteiger partial charge in [-0.05, 0) is 6.42 Å². The molecule has 0 saturated heterocycles. The van der Waals surface area contributed by atoms with Gasteiger partial charge < -0.3 is 9.29 Å². The van der Waals surface area contributed by atoms with Crippen molar-refractivity contribution >= 4 is 16.1 Å². The van der Waals surface area contributed by atoms with E-state index in [1.165, 1.54) is 6.92 Å². The summed E-state index contributed by atoms with van der Waals surface area (Å²) in [4.78, 5) is 10.3. The second-order valence-electron chi connectivity index (χ2n) is 2.50. The Morgan fingerprint density at radius 3 is 2.47 bits per heavy atom. The van der Waals surface area contributed by atoms with Gasteiger partial charge in [0.25, 0.3) is 0 Å². The van der Waals surface area contributed by atoms with Crippen molar-refractivity contribution in [3.8, 4) is 11.8 Å². The van der Waals surface area contributed by atoms with Crippen LogP contribution < -0.4 is 29.6 Å². The zero-order chi connectivity index (χ0) is 11.0. The van der Waals surface area contributed by atoms with Crippen LogP contribution in [0.5, 0.6) is 0 Å². The summed E-state index contributed by atoms with van der Waals surface area (Å²) in [5.41, 5.74) is 0. The number of carbonyl (C=O) groups excluding carboxylic acids is 1. The van der Waals surface area contributed by atoms with Crippen LogP contribution >= 0.6 is 0 Å². The quantitative estimate of drug-likeness (QED) is 0.171. The molecular formula is C8H11NaO5S. The maximum Gasteiger partial charge on any atom is 1.00 e. The van der Waals surface area contributed by atoms with Crippen LogP contribution in [0.25, 0.3) is 0 Å². The second kappa shape index (κ2) is 9.19. The van der Waals surface area contributed by atoms with Crippen molar-refractivity contribution in [2.75, 3.05) is 12.4 Å². The van der Waals surface area contributed by atoms with Crippen molar-refractivity contribution in [3.05, 3.63) is 0 Å². The van der Waals surface area contributed by atoms with Crippen LogP contribution in [0.4, 0.5) is 0 Å². The van der Waals surface area contributed by atoms with Gasteiger partial charge in [0, 0.05) is 19.1 Å². The standard InChI is InChI=1S/C8H12O5S.Na/c1-8(9)13-6-4-2-3-5-7-14(10,11)12;/h3,5-7H2,1H3,(H,10,11,12);/q;+1/p-1. The molecule has 0 heterocycles.